The van der Waals surface area contributed by atoms with Crippen molar-refractivity contribution in [1.82, 2.24) is 9.99 Å². The van der Waals surface area contributed by atoms with Crippen molar-refractivity contribution in [3.05, 3.63) is 64.1 Å². The van der Waals surface area contributed by atoms with Gasteiger partial charge in [-0.3, -0.25) is 14.3 Å². The Morgan fingerprint density at radius 3 is 2.68 bits per heavy atom. The molecule has 0 bridgehead atoms. The monoisotopic (exact) mass is 341 g/mol. The van der Waals surface area contributed by atoms with Crippen LogP contribution in [0.15, 0.2) is 47.4 Å². The Morgan fingerprint density at radius 1 is 1.24 bits per heavy atom. The molecule has 1 aromatic carbocycles. The number of aromatic nitrogens is 1. The fourth-order valence-corrected chi connectivity index (χ4v) is 2.88. The number of rotatable bonds is 7. The van der Waals surface area contributed by atoms with Crippen LogP contribution in [0.1, 0.15) is 41.7 Å². The van der Waals surface area contributed by atoms with Crippen molar-refractivity contribution < 1.29 is 9.53 Å². The molecule has 132 valence electrons. The second kappa shape index (κ2) is 7.88. The summed E-state index contributed by atoms with van der Waals surface area (Å²) in [6, 6.07) is 10.8. The Kier molecular flexibility index (Phi) is 5.38. The smallest absolute Gasteiger partial charge is 0.273 e. The number of amides is 1. The lowest BCUT2D eigenvalue weighted by molar-refractivity contribution is 0.0935. The van der Waals surface area contributed by atoms with Crippen LogP contribution < -0.4 is 21.3 Å². The van der Waals surface area contributed by atoms with Gasteiger partial charge in [-0.1, -0.05) is 49.6 Å². The highest BCUT2D eigenvalue weighted by molar-refractivity contribution is 5.95. The number of nitrogens with zero attached hydrogens (tertiary/aromatic N) is 1. The number of carbonyl (C=O) groups excluding carboxylic acids is 1. The first-order valence-electron chi connectivity index (χ1n) is 8.61. The number of nitrogen functional groups attached to an aromatic ring is 1. The second-order valence-electron chi connectivity index (χ2n) is 6.38. The predicted octanol–water partition coefficient (Wildman–Crippen LogP) is 2.06. The van der Waals surface area contributed by atoms with Gasteiger partial charge in [-0.2, -0.15) is 0 Å². The van der Waals surface area contributed by atoms with E-state index in [1.807, 2.05) is 30.3 Å². The molecule has 0 unspecified atom stereocenters. The van der Waals surface area contributed by atoms with Crippen molar-refractivity contribution in [2.24, 2.45) is 5.92 Å². The summed E-state index contributed by atoms with van der Waals surface area (Å²) in [5.74, 6) is 6.16. The van der Waals surface area contributed by atoms with E-state index in [1.165, 1.54) is 31.5 Å². The Balaban J connectivity index is 1.71. The van der Waals surface area contributed by atoms with E-state index < -0.39 is 0 Å². The number of hydrogen-bond donors (Lipinski definition) is 2. The molecule has 3 rings (SSSR count). The van der Waals surface area contributed by atoms with Gasteiger partial charge in [-0.25, -0.2) is 0 Å². The zero-order valence-corrected chi connectivity index (χ0v) is 14.1. The maximum Gasteiger partial charge on any atom is 0.273 e. The molecule has 0 saturated heterocycles. The van der Waals surface area contributed by atoms with Gasteiger partial charge in [0.1, 0.15) is 6.61 Å². The zero-order valence-electron chi connectivity index (χ0n) is 14.1. The van der Waals surface area contributed by atoms with Gasteiger partial charge in [0.15, 0.2) is 11.4 Å². The summed E-state index contributed by atoms with van der Waals surface area (Å²) in [5.41, 5.74) is 0.601. The summed E-state index contributed by atoms with van der Waals surface area (Å²) < 4.78 is 6.78. The van der Waals surface area contributed by atoms with Gasteiger partial charge < -0.3 is 15.9 Å². The highest BCUT2D eigenvalue weighted by Gasteiger charge is 2.21. The first-order chi connectivity index (χ1) is 12.1. The molecule has 25 heavy (non-hydrogen) atoms. The van der Waals surface area contributed by atoms with Gasteiger partial charge >= 0.3 is 0 Å². The van der Waals surface area contributed by atoms with Gasteiger partial charge in [-0.05, 0) is 17.9 Å². The molecular weight excluding hydrogens is 318 g/mol. The van der Waals surface area contributed by atoms with Crippen LogP contribution in [0.4, 0.5) is 0 Å². The van der Waals surface area contributed by atoms with Crippen LogP contribution in [0.3, 0.4) is 0 Å². The van der Waals surface area contributed by atoms with E-state index in [4.69, 9.17) is 10.6 Å². The zero-order chi connectivity index (χ0) is 17.6. The third-order valence-corrected chi connectivity index (χ3v) is 4.59. The van der Waals surface area contributed by atoms with E-state index in [0.717, 1.165) is 16.7 Å². The molecule has 6 nitrogen and oxygen atoms in total. The molecule has 2 aromatic rings. The second-order valence-corrected chi connectivity index (χ2v) is 6.38. The van der Waals surface area contributed by atoms with E-state index in [0.29, 0.717) is 12.5 Å². The molecule has 1 heterocycles. The minimum atomic E-state index is -0.386. The minimum Gasteiger partial charge on any atom is -0.482 e. The number of hydrogen-bond acceptors (Lipinski definition) is 4. The molecule has 0 radical (unpaired) electrons. The largest absolute Gasteiger partial charge is 0.482 e. The van der Waals surface area contributed by atoms with Gasteiger partial charge in [-0.15, -0.1) is 0 Å². The van der Waals surface area contributed by atoms with Crippen molar-refractivity contribution >= 4 is 5.91 Å². The summed E-state index contributed by atoms with van der Waals surface area (Å²) in [6.45, 7) is 0.771. The highest BCUT2D eigenvalue weighted by Crippen LogP contribution is 2.28. The Morgan fingerprint density at radius 2 is 2.00 bits per heavy atom. The van der Waals surface area contributed by atoms with Gasteiger partial charge in [0, 0.05) is 18.8 Å². The highest BCUT2D eigenvalue weighted by atomic mass is 16.5. The van der Waals surface area contributed by atoms with E-state index in [2.05, 4.69) is 5.32 Å². The third kappa shape index (κ3) is 4.21. The lowest BCUT2D eigenvalue weighted by Crippen LogP contribution is -2.33. The molecule has 1 saturated carbocycles. The van der Waals surface area contributed by atoms with Gasteiger partial charge in [0.2, 0.25) is 5.43 Å². The minimum absolute atomic E-state index is 0.0185. The van der Waals surface area contributed by atoms with Gasteiger partial charge in [0.25, 0.3) is 5.91 Å². The number of pyridine rings is 1. The average Bonchev–Trinajstić information content (AvgIpc) is 2.58. The average molecular weight is 341 g/mol. The third-order valence-electron chi connectivity index (χ3n) is 4.59. The maximum absolute atomic E-state index is 12.5. The molecule has 3 N–H and O–H groups in total. The molecule has 1 aromatic heterocycles. The standard InChI is InChI=1S/C19H23N3O3/c20-22-12-10-16(23)18(25-13-15-5-2-1-3-6-15)17(22)19(24)21-11-9-14-7-4-8-14/h1-3,5-6,10,12,14H,4,7-9,11,13,20H2,(H,21,24). The Bertz CT molecular complexity index is 782. The summed E-state index contributed by atoms with van der Waals surface area (Å²) in [6.07, 6.45) is 6.06. The summed E-state index contributed by atoms with van der Waals surface area (Å²) in [4.78, 5) is 24.7. The molecule has 0 spiro atoms. The van der Waals surface area contributed by atoms with Crippen molar-refractivity contribution in [2.75, 3.05) is 12.4 Å². The molecule has 1 amide bonds. The maximum atomic E-state index is 12.5. The van der Waals surface area contributed by atoms with Crippen LogP contribution in [0, 0.1) is 5.92 Å². The number of ether oxygens (including phenoxy) is 1. The Labute approximate surface area is 146 Å². The fraction of sp³-hybridized carbons (Fsp3) is 0.368. The number of nitrogens with one attached hydrogen (secondary N) is 1. The number of benzene rings is 1. The van der Waals surface area contributed by atoms with Crippen LogP contribution in [0.5, 0.6) is 5.75 Å². The molecule has 0 atom stereocenters. The number of carbonyl (C=O) groups is 1. The summed E-state index contributed by atoms with van der Waals surface area (Å²) in [5, 5.41) is 2.85. The lowest BCUT2D eigenvalue weighted by Gasteiger charge is -2.25. The van der Waals surface area contributed by atoms with E-state index in [9.17, 15) is 9.59 Å². The van der Waals surface area contributed by atoms with Crippen molar-refractivity contribution in [1.29, 1.82) is 0 Å². The van der Waals surface area contributed by atoms with Crippen LogP contribution in [-0.4, -0.2) is 17.1 Å². The fourth-order valence-electron chi connectivity index (χ4n) is 2.88. The summed E-state index contributed by atoms with van der Waals surface area (Å²) >= 11 is 0. The van der Waals surface area contributed by atoms with Crippen molar-refractivity contribution in [2.45, 2.75) is 32.3 Å². The SMILES string of the molecule is Nn1ccc(=O)c(OCc2ccccc2)c1C(=O)NCCC1CCC1. The Hall–Kier alpha value is -2.76. The quantitative estimate of drug-likeness (QED) is 0.755. The van der Waals surface area contributed by atoms with E-state index in [1.54, 1.807) is 0 Å². The van der Waals surface area contributed by atoms with Crippen LogP contribution in [0.2, 0.25) is 0 Å². The van der Waals surface area contributed by atoms with Gasteiger partial charge in [0.05, 0.1) is 0 Å². The first-order valence-corrected chi connectivity index (χ1v) is 8.61. The molecule has 1 aliphatic rings. The molecule has 1 aliphatic carbocycles. The molecule has 6 heteroatoms. The van der Waals surface area contributed by atoms with Crippen molar-refractivity contribution in [3.8, 4) is 5.75 Å². The lowest BCUT2D eigenvalue weighted by atomic mass is 9.83. The topological polar surface area (TPSA) is 86.3 Å². The molecular formula is C19H23N3O3. The van der Waals surface area contributed by atoms with Crippen LogP contribution >= 0.6 is 0 Å². The van der Waals surface area contributed by atoms with E-state index >= 15 is 0 Å². The van der Waals surface area contributed by atoms with E-state index in [-0.39, 0.29) is 29.4 Å². The first kappa shape index (κ1) is 17.1. The number of nitrogens with two attached hydrogens (primary N) is 1. The van der Waals surface area contributed by atoms with Crippen LogP contribution in [-0.2, 0) is 6.61 Å². The predicted molar refractivity (Wildman–Crippen MR) is 95.9 cm³/mol. The molecule has 0 aliphatic heterocycles. The van der Waals surface area contributed by atoms with Crippen LogP contribution in [0.25, 0.3) is 0 Å². The van der Waals surface area contributed by atoms with Crippen molar-refractivity contribution in [3.63, 3.8) is 0 Å². The molecule has 1 fully saturated rings. The normalized spacial score (nSPS) is 13.9. The summed E-state index contributed by atoms with van der Waals surface area (Å²) in [7, 11) is 0.